The van der Waals surface area contributed by atoms with Gasteiger partial charge in [-0.25, -0.2) is 0 Å². The van der Waals surface area contributed by atoms with E-state index in [1.165, 1.54) is 0 Å². The number of benzene rings is 1. The van der Waals surface area contributed by atoms with Gasteiger partial charge in [0.2, 0.25) is 5.91 Å². The van der Waals surface area contributed by atoms with E-state index in [0.29, 0.717) is 13.0 Å². The van der Waals surface area contributed by atoms with E-state index in [1.807, 2.05) is 24.3 Å². The lowest BCUT2D eigenvalue weighted by Gasteiger charge is -2.34. The molecule has 1 aliphatic carbocycles. The molecule has 110 valence electrons. The largest absolute Gasteiger partial charge is 0.493 e. The molecule has 0 aromatic heterocycles. The van der Waals surface area contributed by atoms with Crippen LogP contribution in [-0.4, -0.2) is 18.1 Å². The van der Waals surface area contributed by atoms with Gasteiger partial charge >= 0.3 is 0 Å². The van der Waals surface area contributed by atoms with E-state index < -0.39 is 5.54 Å². The van der Waals surface area contributed by atoms with Crippen LogP contribution in [0.4, 0.5) is 0 Å². The van der Waals surface area contributed by atoms with Crippen molar-refractivity contribution < 1.29 is 9.53 Å². The van der Waals surface area contributed by atoms with Crippen molar-refractivity contribution in [3.8, 4) is 11.8 Å². The van der Waals surface area contributed by atoms with Crippen molar-refractivity contribution in [2.75, 3.05) is 6.61 Å². The quantitative estimate of drug-likeness (QED) is 0.908. The van der Waals surface area contributed by atoms with Crippen molar-refractivity contribution in [2.24, 2.45) is 0 Å². The number of rotatable bonds is 2. The summed E-state index contributed by atoms with van der Waals surface area (Å²) in [6, 6.07) is 10.0. The third-order valence-electron chi connectivity index (χ3n) is 4.56. The van der Waals surface area contributed by atoms with Gasteiger partial charge in [0.05, 0.1) is 18.6 Å². The van der Waals surface area contributed by atoms with Crippen LogP contribution in [0.5, 0.6) is 5.75 Å². The van der Waals surface area contributed by atoms with Gasteiger partial charge in [0.1, 0.15) is 11.3 Å². The summed E-state index contributed by atoms with van der Waals surface area (Å²) in [6.07, 6.45) is 5.38. The van der Waals surface area contributed by atoms with Gasteiger partial charge in [-0.3, -0.25) is 4.79 Å². The maximum Gasteiger partial charge on any atom is 0.229 e. The average molecular weight is 284 g/mol. The minimum atomic E-state index is -0.664. The predicted octanol–water partition coefficient (Wildman–Crippen LogP) is 2.90. The number of ether oxygens (including phenoxy) is 1. The van der Waals surface area contributed by atoms with Crippen molar-refractivity contribution in [1.82, 2.24) is 5.32 Å². The van der Waals surface area contributed by atoms with E-state index in [2.05, 4.69) is 11.4 Å². The topological polar surface area (TPSA) is 62.1 Å². The van der Waals surface area contributed by atoms with Crippen LogP contribution < -0.4 is 10.1 Å². The number of hydrogen-bond acceptors (Lipinski definition) is 3. The molecular formula is C17H20N2O2. The van der Waals surface area contributed by atoms with Crippen LogP contribution in [0.15, 0.2) is 24.3 Å². The molecule has 21 heavy (non-hydrogen) atoms. The molecule has 1 aromatic rings. The second-order valence-electron chi connectivity index (χ2n) is 5.97. The molecule has 4 nitrogen and oxygen atoms in total. The summed E-state index contributed by atoms with van der Waals surface area (Å²) in [5.41, 5.74) is 0.271. The molecule has 1 amide bonds. The van der Waals surface area contributed by atoms with E-state index in [9.17, 15) is 10.1 Å². The second kappa shape index (κ2) is 5.77. The molecule has 1 fully saturated rings. The Morgan fingerprint density at radius 2 is 2.05 bits per heavy atom. The summed E-state index contributed by atoms with van der Waals surface area (Å²) in [4.78, 5) is 12.7. The van der Waals surface area contributed by atoms with Gasteiger partial charge in [0.15, 0.2) is 0 Å². The highest BCUT2D eigenvalue weighted by atomic mass is 16.5. The van der Waals surface area contributed by atoms with E-state index >= 15 is 0 Å². The summed E-state index contributed by atoms with van der Waals surface area (Å²) >= 11 is 0. The predicted molar refractivity (Wildman–Crippen MR) is 78.9 cm³/mol. The Labute approximate surface area is 125 Å². The normalized spacial score (nSPS) is 23.3. The molecule has 0 saturated heterocycles. The van der Waals surface area contributed by atoms with Gasteiger partial charge in [-0.2, -0.15) is 5.26 Å². The number of hydrogen-bond donors (Lipinski definition) is 1. The zero-order valence-corrected chi connectivity index (χ0v) is 12.1. The summed E-state index contributed by atoms with van der Waals surface area (Å²) in [5, 5.41) is 12.5. The molecule has 1 saturated carbocycles. The molecule has 0 spiro atoms. The first-order valence-electron chi connectivity index (χ1n) is 7.69. The lowest BCUT2D eigenvalue weighted by Crippen LogP contribution is -2.50. The van der Waals surface area contributed by atoms with Crippen LogP contribution in [0.3, 0.4) is 0 Å². The van der Waals surface area contributed by atoms with Gasteiger partial charge in [-0.05, 0) is 25.3 Å². The summed E-state index contributed by atoms with van der Waals surface area (Å²) < 4.78 is 5.60. The molecule has 3 rings (SSSR count). The van der Waals surface area contributed by atoms with E-state index in [0.717, 1.165) is 43.4 Å². The molecule has 1 atom stereocenters. The molecule has 1 unspecified atom stereocenters. The van der Waals surface area contributed by atoms with E-state index in [1.54, 1.807) is 0 Å². The first-order valence-corrected chi connectivity index (χ1v) is 7.69. The number of fused-ring (bicyclic) bond motifs is 1. The van der Waals surface area contributed by atoms with Crippen molar-refractivity contribution in [2.45, 2.75) is 50.0 Å². The highest BCUT2D eigenvalue weighted by molar-refractivity contribution is 5.85. The molecule has 2 aliphatic rings. The Balaban J connectivity index is 1.79. The van der Waals surface area contributed by atoms with Crippen LogP contribution in [0.25, 0.3) is 0 Å². The number of carbonyl (C=O) groups is 1. The van der Waals surface area contributed by atoms with Gasteiger partial charge in [-0.1, -0.05) is 37.5 Å². The Morgan fingerprint density at radius 1 is 1.29 bits per heavy atom. The molecule has 0 radical (unpaired) electrons. The molecule has 1 aromatic carbocycles. The van der Waals surface area contributed by atoms with Crippen LogP contribution in [0.1, 0.15) is 50.0 Å². The number of carbonyl (C=O) groups excluding carboxylic acids is 1. The minimum absolute atomic E-state index is 0.0331. The monoisotopic (exact) mass is 284 g/mol. The molecule has 4 heteroatoms. The van der Waals surface area contributed by atoms with E-state index in [4.69, 9.17) is 4.74 Å². The maximum absolute atomic E-state index is 12.7. The summed E-state index contributed by atoms with van der Waals surface area (Å²) in [5.74, 6) is 0.551. The molecule has 1 N–H and O–H groups in total. The van der Waals surface area contributed by atoms with Crippen molar-refractivity contribution >= 4 is 5.91 Å². The Bertz CT molecular complexity index is 570. The fourth-order valence-corrected chi connectivity index (χ4v) is 3.36. The van der Waals surface area contributed by atoms with Crippen LogP contribution >= 0.6 is 0 Å². The number of nitriles is 1. The average Bonchev–Trinajstić information content (AvgIpc) is 2.55. The van der Waals surface area contributed by atoms with Crippen molar-refractivity contribution in [1.29, 1.82) is 5.26 Å². The van der Waals surface area contributed by atoms with Gasteiger partial charge < -0.3 is 10.1 Å². The molecule has 1 heterocycles. The standard InChI is InChI=1S/C17H20N2O2/c18-12-17(9-4-1-5-10-17)19-16(20)14-8-11-21-15-7-3-2-6-13(14)15/h2-3,6-7,14H,1,4-5,8-11H2,(H,19,20). The summed E-state index contributed by atoms with van der Waals surface area (Å²) in [7, 11) is 0. The van der Waals surface area contributed by atoms with Crippen LogP contribution in [0, 0.1) is 11.3 Å². The number of nitrogens with zero attached hydrogens (tertiary/aromatic N) is 1. The lowest BCUT2D eigenvalue weighted by atomic mass is 9.81. The third kappa shape index (κ3) is 2.73. The second-order valence-corrected chi connectivity index (χ2v) is 5.97. The first kappa shape index (κ1) is 13.9. The lowest BCUT2D eigenvalue weighted by molar-refractivity contribution is -0.124. The van der Waals surface area contributed by atoms with Crippen LogP contribution in [0.2, 0.25) is 0 Å². The highest BCUT2D eigenvalue weighted by Crippen LogP contribution is 2.35. The van der Waals surface area contributed by atoms with Gasteiger partial charge in [0, 0.05) is 5.56 Å². The maximum atomic E-state index is 12.7. The number of nitrogens with one attached hydrogen (secondary N) is 1. The highest BCUT2D eigenvalue weighted by Gasteiger charge is 2.37. The van der Waals surface area contributed by atoms with Crippen molar-refractivity contribution in [3.63, 3.8) is 0 Å². The Hall–Kier alpha value is -2.02. The van der Waals surface area contributed by atoms with Crippen LogP contribution in [-0.2, 0) is 4.79 Å². The fourth-order valence-electron chi connectivity index (χ4n) is 3.36. The Morgan fingerprint density at radius 3 is 2.81 bits per heavy atom. The molecular weight excluding hydrogens is 264 g/mol. The smallest absolute Gasteiger partial charge is 0.229 e. The van der Waals surface area contributed by atoms with E-state index in [-0.39, 0.29) is 11.8 Å². The van der Waals surface area contributed by atoms with Gasteiger partial charge in [-0.15, -0.1) is 0 Å². The number of amides is 1. The summed E-state index contributed by atoms with van der Waals surface area (Å²) in [6.45, 7) is 0.550. The third-order valence-corrected chi connectivity index (χ3v) is 4.56. The Kier molecular flexibility index (Phi) is 3.83. The van der Waals surface area contributed by atoms with Crippen molar-refractivity contribution in [3.05, 3.63) is 29.8 Å². The first-order chi connectivity index (χ1) is 10.2. The molecule has 1 aliphatic heterocycles. The molecule has 0 bridgehead atoms. The zero-order valence-electron chi connectivity index (χ0n) is 12.1. The number of para-hydroxylation sites is 1. The fraction of sp³-hybridized carbons (Fsp3) is 0.529. The van der Waals surface area contributed by atoms with Gasteiger partial charge in [0.25, 0.3) is 0 Å². The SMILES string of the molecule is N#CC1(NC(=O)C2CCOc3ccccc32)CCCCC1. The zero-order chi connectivity index (χ0) is 14.7. The minimum Gasteiger partial charge on any atom is -0.493 e.